The highest BCUT2D eigenvalue weighted by atomic mass is 16.5. The maximum atomic E-state index is 11.9. The minimum Gasteiger partial charge on any atom is -0.493 e. The van der Waals surface area contributed by atoms with E-state index in [0.29, 0.717) is 24.0 Å². The van der Waals surface area contributed by atoms with Gasteiger partial charge < -0.3 is 20.1 Å². The van der Waals surface area contributed by atoms with Crippen molar-refractivity contribution in [3.05, 3.63) is 23.8 Å². The first-order valence-corrected chi connectivity index (χ1v) is 7.23. The molecule has 0 saturated heterocycles. The van der Waals surface area contributed by atoms with Gasteiger partial charge in [0.1, 0.15) is 0 Å². The highest BCUT2D eigenvalue weighted by Crippen LogP contribution is 2.29. The van der Waals surface area contributed by atoms with Crippen LogP contribution >= 0.6 is 0 Å². The van der Waals surface area contributed by atoms with Crippen LogP contribution < -0.4 is 20.1 Å². The summed E-state index contributed by atoms with van der Waals surface area (Å²) >= 11 is 0. The fraction of sp³-hybridized carbons (Fsp3) is 0.562. The van der Waals surface area contributed by atoms with Gasteiger partial charge in [-0.1, -0.05) is 19.9 Å². The van der Waals surface area contributed by atoms with Crippen molar-refractivity contribution in [3.8, 4) is 11.5 Å². The van der Waals surface area contributed by atoms with Crippen molar-refractivity contribution in [1.29, 1.82) is 0 Å². The Bertz CT molecular complexity index is 461. The lowest BCUT2D eigenvalue weighted by molar-refractivity contribution is -0.127. The smallest absolute Gasteiger partial charge is 0.260 e. The first-order valence-electron chi connectivity index (χ1n) is 7.23. The standard InChI is InChI=1S/C16H26N2O3/c1-11(2)9-18-16(19)12(3)21-14-7-6-13(10-17-4)8-15(14)20-5/h6-8,11-12,17H,9-10H2,1-5H3,(H,18,19). The second-order valence-electron chi connectivity index (χ2n) is 5.41. The third-order valence-corrected chi connectivity index (χ3v) is 2.97. The lowest BCUT2D eigenvalue weighted by Crippen LogP contribution is -2.38. The van der Waals surface area contributed by atoms with Crippen LogP contribution in [-0.4, -0.2) is 32.7 Å². The average molecular weight is 294 g/mol. The van der Waals surface area contributed by atoms with Gasteiger partial charge in [-0.25, -0.2) is 0 Å². The Kier molecular flexibility index (Phi) is 7.02. The minimum absolute atomic E-state index is 0.120. The summed E-state index contributed by atoms with van der Waals surface area (Å²) < 4.78 is 11.0. The number of hydrogen-bond donors (Lipinski definition) is 2. The van der Waals surface area contributed by atoms with Crippen LogP contribution in [0.4, 0.5) is 0 Å². The van der Waals surface area contributed by atoms with E-state index in [0.717, 1.165) is 12.1 Å². The van der Waals surface area contributed by atoms with Crippen LogP contribution in [0.5, 0.6) is 11.5 Å². The normalized spacial score (nSPS) is 12.1. The molecule has 118 valence electrons. The van der Waals surface area contributed by atoms with E-state index >= 15 is 0 Å². The fourth-order valence-electron chi connectivity index (χ4n) is 1.82. The molecule has 21 heavy (non-hydrogen) atoms. The molecule has 0 fully saturated rings. The zero-order chi connectivity index (χ0) is 15.8. The van der Waals surface area contributed by atoms with E-state index in [2.05, 4.69) is 24.5 Å². The van der Waals surface area contributed by atoms with E-state index < -0.39 is 6.10 Å². The maximum absolute atomic E-state index is 11.9. The first-order chi connectivity index (χ1) is 9.97. The third kappa shape index (κ3) is 5.63. The molecular weight excluding hydrogens is 268 g/mol. The molecule has 1 aromatic carbocycles. The molecule has 0 radical (unpaired) electrons. The van der Waals surface area contributed by atoms with Gasteiger partial charge in [-0.2, -0.15) is 0 Å². The Labute approximate surface area is 127 Å². The van der Waals surface area contributed by atoms with Crippen LogP contribution in [0.3, 0.4) is 0 Å². The van der Waals surface area contributed by atoms with Crippen molar-refractivity contribution in [2.45, 2.75) is 33.4 Å². The lowest BCUT2D eigenvalue weighted by atomic mass is 10.2. The molecule has 0 bridgehead atoms. The molecule has 1 aromatic rings. The molecule has 1 rings (SSSR count). The zero-order valence-electron chi connectivity index (χ0n) is 13.5. The molecule has 5 heteroatoms. The highest BCUT2D eigenvalue weighted by molar-refractivity contribution is 5.80. The predicted octanol–water partition coefficient (Wildman–Crippen LogP) is 1.95. The van der Waals surface area contributed by atoms with Crippen LogP contribution in [0.1, 0.15) is 26.3 Å². The van der Waals surface area contributed by atoms with Crippen LogP contribution in [0.15, 0.2) is 18.2 Å². The number of carbonyl (C=O) groups is 1. The topological polar surface area (TPSA) is 59.6 Å². The molecule has 1 unspecified atom stereocenters. The van der Waals surface area contributed by atoms with E-state index in [1.165, 1.54) is 0 Å². The fourth-order valence-corrected chi connectivity index (χ4v) is 1.82. The maximum Gasteiger partial charge on any atom is 0.260 e. The Morgan fingerprint density at radius 1 is 1.24 bits per heavy atom. The molecule has 0 aliphatic rings. The van der Waals surface area contributed by atoms with Crippen molar-refractivity contribution >= 4 is 5.91 Å². The van der Waals surface area contributed by atoms with Gasteiger partial charge in [-0.15, -0.1) is 0 Å². The van der Waals surface area contributed by atoms with Crippen molar-refractivity contribution in [3.63, 3.8) is 0 Å². The number of carbonyl (C=O) groups excluding carboxylic acids is 1. The van der Waals surface area contributed by atoms with Gasteiger partial charge in [0.25, 0.3) is 5.91 Å². The van der Waals surface area contributed by atoms with Gasteiger partial charge in [0.2, 0.25) is 0 Å². The highest BCUT2D eigenvalue weighted by Gasteiger charge is 2.17. The van der Waals surface area contributed by atoms with Gasteiger partial charge in [-0.3, -0.25) is 4.79 Å². The summed E-state index contributed by atoms with van der Waals surface area (Å²) in [5, 5.41) is 5.94. The van der Waals surface area contributed by atoms with E-state index in [4.69, 9.17) is 9.47 Å². The van der Waals surface area contributed by atoms with E-state index in [1.54, 1.807) is 14.0 Å². The Morgan fingerprint density at radius 2 is 1.95 bits per heavy atom. The quantitative estimate of drug-likeness (QED) is 0.769. The second kappa shape index (κ2) is 8.52. The monoisotopic (exact) mass is 294 g/mol. The van der Waals surface area contributed by atoms with Crippen LogP contribution in [0.2, 0.25) is 0 Å². The summed E-state index contributed by atoms with van der Waals surface area (Å²) in [6.07, 6.45) is -0.562. The molecule has 0 aliphatic carbocycles. The molecular formula is C16H26N2O3. The zero-order valence-corrected chi connectivity index (χ0v) is 13.5. The van der Waals surface area contributed by atoms with E-state index in [-0.39, 0.29) is 5.91 Å². The molecule has 0 spiro atoms. The van der Waals surface area contributed by atoms with E-state index in [9.17, 15) is 4.79 Å². The molecule has 0 aliphatic heterocycles. The summed E-state index contributed by atoms with van der Waals surface area (Å²) in [5.41, 5.74) is 1.10. The van der Waals surface area contributed by atoms with Crippen molar-refractivity contribution in [1.82, 2.24) is 10.6 Å². The van der Waals surface area contributed by atoms with Gasteiger partial charge >= 0.3 is 0 Å². The summed E-state index contributed by atoms with van der Waals surface area (Å²) in [5.74, 6) is 1.50. The lowest BCUT2D eigenvalue weighted by Gasteiger charge is -2.18. The molecule has 0 heterocycles. The van der Waals surface area contributed by atoms with Crippen LogP contribution in [0, 0.1) is 5.92 Å². The Hall–Kier alpha value is -1.75. The van der Waals surface area contributed by atoms with Gasteiger partial charge in [0.15, 0.2) is 17.6 Å². The van der Waals surface area contributed by atoms with Gasteiger partial charge in [0, 0.05) is 13.1 Å². The average Bonchev–Trinajstić information content (AvgIpc) is 2.46. The van der Waals surface area contributed by atoms with E-state index in [1.807, 2.05) is 25.2 Å². The SMILES string of the molecule is CNCc1ccc(OC(C)C(=O)NCC(C)C)c(OC)c1. The summed E-state index contributed by atoms with van der Waals surface area (Å²) in [4.78, 5) is 11.9. The van der Waals surface area contributed by atoms with Gasteiger partial charge in [0.05, 0.1) is 7.11 Å². The summed E-state index contributed by atoms with van der Waals surface area (Å²) in [6.45, 7) is 7.23. The summed E-state index contributed by atoms with van der Waals surface area (Å²) in [7, 11) is 3.48. The molecule has 0 saturated carbocycles. The molecule has 5 nitrogen and oxygen atoms in total. The van der Waals surface area contributed by atoms with Crippen molar-refractivity contribution < 1.29 is 14.3 Å². The number of benzene rings is 1. The van der Waals surface area contributed by atoms with Crippen molar-refractivity contribution in [2.75, 3.05) is 20.7 Å². The molecule has 1 atom stereocenters. The Morgan fingerprint density at radius 3 is 2.52 bits per heavy atom. The Balaban J connectivity index is 2.70. The summed E-state index contributed by atoms with van der Waals surface area (Å²) in [6, 6.07) is 5.69. The van der Waals surface area contributed by atoms with Crippen molar-refractivity contribution in [2.24, 2.45) is 5.92 Å². The number of hydrogen-bond acceptors (Lipinski definition) is 4. The minimum atomic E-state index is -0.562. The van der Waals surface area contributed by atoms with Gasteiger partial charge in [-0.05, 0) is 37.6 Å². The molecule has 0 aromatic heterocycles. The number of ether oxygens (including phenoxy) is 2. The van der Waals surface area contributed by atoms with Crippen LogP contribution in [-0.2, 0) is 11.3 Å². The predicted molar refractivity (Wildman–Crippen MR) is 83.7 cm³/mol. The van der Waals surface area contributed by atoms with Crippen LogP contribution in [0.25, 0.3) is 0 Å². The molecule has 1 amide bonds. The number of rotatable bonds is 8. The second-order valence-corrected chi connectivity index (χ2v) is 5.41. The molecule has 2 N–H and O–H groups in total. The first kappa shape index (κ1) is 17.3. The number of amides is 1. The number of nitrogens with one attached hydrogen (secondary N) is 2. The number of methoxy groups -OCH3 is 1. The largest absolute Gasteiger partial charge is 0.493 e. The third-order valence-electron chi connectivity index (χ3n) is 2.97.